The van der Waals surface area contributed by atoms with Gasteiger partial charge in [0.2, 0.25) is 5.78 Å². The van der Waals surface area contributed by atoms with Crippen molar-refractivity contribution in [3.63, 3.8) is 0 Å². The van der Waals surface area contributed by atoms with Gasteiger partial charge in [-0.2, -0.15) is 0 Å². The second kappa shape index (κ2) is 4.36. The van der Waals surface area contributed by atoms with Gasteiger partial charge in [0.1, 0.15) is 18.0 Å². The number of hydrogen-bond acceptors (Lipinski definition) is 6. The predicted molar refractivity (Wildman–Crippen MR) is 91.6 cm³/mol. The maximum absolute atomic E-state index is 13.0. The van der Waals surface area contributed by atoms with Crippen LogP contribution in [-0.2, 0) is 5.41 Å². The number of aliphatic hydroxyl groups excluding tert-OH is 2. The summed E-state index contributed by atoms with van der Waals surface area (Å²) >= 11 is 0. The van der Waals surface area contributed by atoms with Crippen molar-refractivity contribution in [1.29, 1.82) is 0 Å². The van der Waals surface area contributed by atoms with E-state index in [1.165, 1.54) is 0 Å². The first-order valence-electron chi connectivity index (χ1n) is 9.08. The standard InChI is InChI=1S/C20H22O6/c1-7-12(21)10-13(22)9-11(15(24)17(10)26-7)19(2)5-4-8-6-20(8,3)18(19)16(25)14(9)23/h7-8,12,21-22,24-25H,4-6H2,1-3H3/t7-,8-,12-,19+,20+/m0/s1. The summed E-state index contributed by atoms with van der Waals surface area (Å²) in [5, 5.41) is 42.9. The molecule has 1 aromatic rings. The van der Waals surface area contributed by atoms with Crippen LogP contribution >= 0.6 is 0 Å². The number of allylic oxidation sites excluding steroid dienone is 2. The molecule has 5 atom stereocenters. The van der Waals surface area contributed by atoms with E-state index in [1.54, 1.807) is 6.92 Å². The maximum atomic E-state index is 13.0. The van der Waals surface area contributed by atoms with Crippen molar-refractivity contribution >= 4 is 5.78 Å². The lowest BCUT2D eigenvalue weighted by Crippen LogP contribution is -2.40. The van der Waals surface area contributed by atoms with Crippen molar-refractivity contribution in [1.82, 2.24) is 0 Å². The number of rotatable bonds is 0. The van der Waals surface area contributed by atoms with Crippen LogP contribution in [0.4, 0.5) is 0 Å². The van der Waals surface area contributed by atoms with Gasteiger partial charge < -0.3 is 25.2 Å². The fourth-order valence-corrected chi connectivity index (χ4v) is 5.77. The van der Waals surface area contributed by atoms with Gasteiger partial charge in [0.15, 0.2) is 17.3 Å². The van der Waals surface area contributed by atoms with Gasteiger partial charge in [0, 0.05) is 11.0 Å². The zero-order chi connectivity index (χ0) is 18.8. The minimum Gasteiger partial charge on any atom is -0.507 e. The van der Waals surface area contributed by atoms with Crippen molar-refractivity contribution in [2.45, 2.75) is 57.7 Å². The number of aliphatic hydroxyl groups is 2. The summed E-state index contributed by atoms with van der Waals surface area (Å²) in [6.07, 6.45) is 0.706. The van der Waals surface area contributed by atoms with Crippen molar-refractivity contribution in [2.75, 3.05) is 0 Å². The van der Waals surface area contributed by atoms with Gasteiger partial charge in [0.25, 0.3) is 0 Å². The van der Waals surface area contributed by atoms with Crippen LogP contribution in [0.1, 0.15) is 67.6 Å². The molecular formula is C20H22O6. The Hall–Kier alpha value is -2.21. The molecule has 0 amide bonds. The van der Waals surface area contributed by atoms with Crippen molar-refractivity contribution in [3.8, 4) is 17.2 Å². The molecule has 26 heavy (non-hydrogen) atoms. The third kappa shape index (κ3) is 1.52. The number of fused-ring (bicyclic) bond motifs is 6. The molecule has 1 heterocycles. The van der Waals surface area contributed by atoms with E-state index in [9.17, 15) is 25.2 Å². The molecule has 3 aliphatic carbocycles. The van der Waals surface area contributed by atoms with E-state index in [-0.39, 0.29) is 33.8 Å². The van der Waals surface area contributed by atoms with E-state index < -0.39 is 29.2 Å². The van der Waals surface area contributed by atoms with Gasteiger partial charge in [-0.25, -0.2) is 0 Å². The number of phenolic OH excluding ortho intramolecular Hbond substituents is 2. The summed E-state index contributed by atoms with van der Waals surface area (Å²) in [6, 6.07) is 0. The number of aromatic hydroxyl groups is 2. The van der Waals surface area contributed by atoms with Crippen LogP contribution in [0.15, 0.2) is 11.3 Å². The first kappa shape index (κ1) is 16.0. The summed E-state index contributed by atoms with van der Waals surface area (Å²) in [5.41, 5.74) is -0.109. The molecule has 0 aromatic heterocycles. The van der Waals surface area contributed by atoms with Gasteiger partial charge >= 0.3 is 0 Å². The van der Waals surface area contributed by atoms with Crippen LogP contribution in [0.5, 0.6) is 17.2 Å². The minimum absolute atomic E-state index is 0.0215. The average Bonchev–Trinajstić information content (AvgIpc) is 3.16. The molecule has 2 saturated carbocycles. The SMILES string of the molecule is C[C@@H]1Oc2c(O)c3c(c(O)c2[C@H]1O)C(=O)C(O)=C1[C@]3(C)CC[C@H]2C[C@@]12C. The Kier molecular flexibility index (Phi) is 2.69. The molecule has 1 aromatic carbocycles. The van der Waals surface area contributed by atoms with E-state index in [0.717, 1.165) is 12.8 Å². The highest BCUT2D eigenvalue weighted by Crippen LogP contribution is 2.72. The lowest BCUT2D eigenvalue weighted by molar-refractivity contribution is 0.0776. The Labute approximate surface area is 150 Å². The number of ether oxygens (including phenoxy) is 1. The third-order valence-corrected chi connectivity index (χ3v) is 7.24. The number of Topliss-reactive ketones (excluding diaryl/α,β-unsaturated/α-hetero) is 1. The van der Waals surface area contributed by atoms with Crippen molar-refractivity contribution in [2.24, 2.45) is 11.3 Å². The summed E-state index contributed by atoms with van der Waals surface area (Å²) in [7, 11) is 0. The molecule has 2 fully saturated rings. The largest absolute Gasteiger partial charge is 0.507 e. The second-order valence-electron chi connectivity index (χ2n) is 8.70. The molecule has 0 bridgehead atoms. The molecule has 0 spiro atoms. The third-order valence-electron chi connectivity index (χ3n) is 7.24. The number of benzene rings is 1. The van der Waals surface area contributed by atoms with Crippen LogP contribution in [-0.4, -0.2) is 32.3 Å². The van der Waals surface area contributed by atoms with Crippen LogP contribution in [0, 0.1) is 11.3 Å². The van der Waals surface area contributed by atoms with E-state index in [1.807, 2.05) is 13.8 Å². The number of carbonyl (C=O) groups is 1. The first-order valence-corrected chi connectivity index (χ1v) is 9.08. The topological polar surface area (TPSA) is 107 Å². The second-order valence-corrected chi connectivity index (χ2v) is 8.70. The molecule has 4 N–H and O–H groups in total. The minimum atomic E-state index is -1.15. The van der Waals surface area contributed by atoms with Crippen LogP contribution in [0.3, 0.4) is 0 Å². The molecule has 5 rings (SSSR count). The zero-order valence-electron chi connectivity index (χ0n) is 15.0. The van der Waals surface area contributed by atoms with Gasteiger partial charge in [-0.1, -0.05) is 13.8 Å². The molecule has 1 aliphatic heterocycles. The number of hydrogen-bond donors (Lipinski definition) is 4. The highest BCUT2D eigenvalue weighted by molar-refractivity contribution is 6.14. The monoisotopic (exact) mass is 358 g/mol. The predicted octanol–water partition coefficient (Wildman–Crippen LogP) is 3.00. The van der Waals surface area contributed by atoms with Gasteiger partial charge in [-0.15, -0.1) is 0 Å². The zero-order valence-corrected chi connectivity index (χ0v) is 15.0. The molecule has 0 radical (unpaired) electrons. The fraction of sp³-hybridized carbons (Fsp3) is 0.550. The number of ketones is 1. The molecule has 6 heteroatoms. The molecule has 0 saturated heterocycles. The maximum Gasteiger partial charge on any atom is 0.231 e. The number of phenols is 2. The molecule has 4 aliphatic rings. The summed E-state index contributed by atoms with van der Waals surface area (Å²) in [4.78, 5) is 13.0. The Morgan fingerprint density at radius 3 is 2.54 bits per heavy atom. The first-order chi connectivity index (χ1) is 12.1. The Morgan fingerprint density at radius 2 is 1.85 bits per heavy atom. The van der Waals surface area contributed by atoms with Crippen molar-refractivity contribution in [3.05, 3.63) is 28.0 Å². The smallest absolute Gasteiger partial charge is 0.231 e. The Bertz CT molecular complexity index is 931. The van der Waals surface area contributed by atoms with Crippen molar-refractivity contribution < 1.29 is 30.0 Å². The van der Waals surface area contributed by atoms with Gasteiger partial charge in [0.05, 0.1) is 11.1 Å². The summed E-state index contributed by atoms with van der Waals surface area (Å²) in [5.74, 6) is -1.14. The Morgan fingerprint density at radius 1 is 1.15 bits per heavy atom. The van der Waals surface area contributed by atoms with E-state index >= 15 is 0 Å². The van der Waals surface area contributed by atoms with E-state index in [0.29, 0.717) is 23.5 Å². The molecule has 6 nitrogen and oxygen atoms in total. The normalized spacial score (nSPS) is 39.7. The molecular weight excluding hydrogens is 336 g/mol. The van der Waals surface area contributed by atoms with E-state index in [2.05, 4.69) is 0 Å². The lowest BCUT2D eigenvalue weighted by atomic mass is 9.58. The average molecular weight is 358 g/mol. The quantitative estimate of drug-likeness (QED) is 0.531. The lowest BCUT2D eigenvalue weighted by Gasteiger charge is -2.44. The molecule has 138 valence electrons. The van der Waals surface area contributed by atoms with Crippen LogP contribution in [0.2, 0.25) is 0 Å². The number of carbonyl (C=O) groups excluding carboxylic acids is 1. The summed E-state index contributed by atoms with van der Waals surface area (Å²) in [6.45, 7) is 5.58. The van der Waals surface area contributed by atoms with E-state index in [4.69, 9.17) is 4.74 Å². The highest BCUT2D eigenvalue weighted by atomic mass is 16.5. The summed E-state index contributed by atoms with van der Waals surface area (Å²) < 4.78 is 5.60. The van der Waals surface area contributed by atoms with Crippen LogP contribution < -0.4 is 4.74 Å². The van der Waals surface area contributed by atoms with Gasteiger partial charge in [-0.3, -0.25) is 4.79 Å². The molecule has 0 unspecified atom stereocenters. The van der Waals surface area contributed by atoms with Crippen LogP contribution in [0.25, 0.3) is 0 Å². The van der Waals surface area contributed by atoms with Gasteiger partial charge in [-0.05, 0) is 43.1 Å². The fourth-order valence-electron chi connectivity index (χ4n) is 5.77. The Balaban J connectivity index is 1.86. The highest BCUT2D eigenvalue weighted by Gasteiger charge is 2.65.